The molecule has 0 radical (unpaired) electrons. The standard InChI is InChI=1S/C26H26O3/c1-3-18-4-6-19(7-5-18)17-26(2)15-14-23-16-22(12-13-24(23)29-26)20-8-10-21(11-9-20)25(27)28/h4-13,16H,3,14-15,17H2,1-2H3,(H,27,28)/t26-/m1/s1. The van der Waals surface area contributed by atoms with Crippen LogP contribution in [0.25, 0.3) is 11.1 Å². The minimum absolute atomic E-state index is 0.203. The Morgan fingerprint density at radius 2 is 1.62 bits per heavy atom. The maximum atomic E-state index is 11.0. The highest BCUT2D eigenvalue weighted by Crippen LogP contribution is 2.37. The maximum absolute atomic E-state index is 11.0. The van der Waals surface area contributed by atoms with E-state index >= 15 is 0 Å². The van der Waals surface area contributed by atoms with Crippen LogP contribution in [-0.2, 0) is 19.3 Å². The highest BCUT2D eigenvalue weighted by atomic mass is 16.5. The molecule has 3 aromatic rings. The van der Waals surface area contributed by atoms with E-state index in [9.17, 15) is 4.79 Å². The summed E-state index contributed by atoms with van der Waals surface area (Å²) in [4.78, 5) is 11.0. The van der Waals surface area contributed by atoms with E-state index in [1.807, 2.05) is 18.2 Å². The van der Waals surface area contributed by atoms with Gasteiger partial charge in [0.15, 0.2) is 0 Å². The van der Waals surface area contributed by atoms with Gasteiger partial charge in [-0.1, -0.05) is 49.4 Å². The van der Waals surface area contributed by atoms with Crippen LogP contribution in [-0.4, -0.2) is 16.7 Å². The third-order valence-electron chi connectivity index (χ3n) is 5.81. The fourth-order valence-corrected chi connectivity index (χ4v) is 4.02. The van der Waals surface area contributed by atoms with Gasteiger partial charge in [0, 0.05) is 6.42 Å². The van der Waals surface area contributed by atoms with Gasteiger partial charge in [0.2, 0.25) is 0 Å². The summed E-state index contributed by atoms with van der Waals surface area (Å²) in [5.41, 5.74) is 6.08. The van der Waals surface area contributed by atoms with Gasteiger partial charge < -0.3 is 9.84 Å². The van der Waals surface area contributed by atoms with Crippen LogP contribution in [0.5, 0.6) is 5.75 Å². The first kappa shape index (κ1) is 19.3. The van der Waals surface area contributed by atoms with Crippen LogP contribution in [0.2, 0.25) is 0 Å². The molecule has 0 amide bonds. The molecule has 0 bridgehead atoms. The van der Waals surface area contributed by atoms with Crippen molar-refractivity contribution in [1.82, 2.24) is 0 Å². The van der Waals surface area contributed by atoms with E-state index in [1.54, 1.807) is 12.1 Å². The van der Waals surface area contributed by atoms with Crippen molar-refractivity contribution < 1.29 is 14.6 Å². The lowest BCUT2D eigenvalue weighted by Gasteiger charge is -2.36. The van der Waals surface area contributed by atoms with Crippen molar-refractivity contribution in [3.8, 4) is 16.9 Å². The van der Waals surface area contributed by atoms with E-state index in [4.69, 9.17) is 9.84 Å². The third-order valence-corrected chi connectivity index (χ3v) is 5.81. The number of carboxylic acids is 1. The molecule has 1 atom stereocenters. The monoisotopic (exact) mass is 386 g/mol. The molecule has 0 spiro atoms. The Morgan fingerprint density at radius 1 is 0.966 bits per heavy atom. The van der Waals surface area contributed by atoms with Crippen molar-refractivity contribution in [2.24, 2.45) is 0 Å². The molecule has 3 aromatic carbocycles. The summed E-state index contributed by atoms with van der Waals surface area (Å²) >= 11 is 0. The van der Waals surface area contributed by atoms with Crippen molar-refractivity contribution in [1.29, 1.82) is 0 Å². The van der Waals surface area contributed by atoms with Gasteiger partial charge in [-0.2, -0.15) is 0 Å². The second kappa shape index (κ2) is 7.75. The zero-order chi connectivity index (χ0) is 20.4. The second-order valence-electron chi connectivity index (χ2n) is 8.10. The summed E-state index contributed by atoms with van der Waals surface area (Å²) in [6.45, 7) is 4.37. The van der Waals surface area contributed by atoms with Crippen molar-refractivity contribution in [2.75, 3.05) is 0 Å². The SMILES string of the molecule is CCc1ccc(C[C@@]2(C)CCc3cc(-c4ccc(C(=O)O)cc4)ccc3O2)cc1. The van der Waals surface area contributed by atoms with Gasteiger partial charge in [0.05, 0.1) is 5.56 Å². The van der Waals surface area contributed by atoms with Crippen LogP contribution in [0, 0.1) is 0 Å². The molecule has 1 heterocycles. The lowest BCUT2D eigenvalue weighted by molar-refractivity contribution is 0.0654. The smallest absolute Gasteiger partial charge is 0.335 e. The molecule has 0 fully saturated rings. The predicted molar refractivity (Wildman–Crippen MR) is 116 cm³/mol. The average molecular weight is 386 g/mol. The molecule has 148 valence electrons. The molecule has 0 saturated carbocycles. The molecule has 0 unspecified atom stereocenters. The predicted octanol–water partition coefficient (Wildman–Crippen LogP) is 5.94. The number of ether oxygens (including phenoxy) is 1. The quantitative estimate of drug-likeness (QED) is 0.590. The van der Waals surface area contributed by atoms with Gasteiger partial charge in [0.25, 0.3) is 0 Å². The average Bonchev–Trinajstić information content (AvgIpc) is 2.74. The van der Waals surface area contributed by atoms with Crippen LogP contribution in [0.15, 0.2) is 66.7 Å². The van der Waals surface area contributed by atoms with Gasteiger partial charge in [-0.15, -0.1) is 0 Å². The van der Waals surface area contributed by atoms with E-state index in [-0.39, 0.29) is 5.60 Å². The van der Waals surface area contributed by atoms with E-state index in [0.29, 0.717) is 5.56 Å². The van der Waals surface area contributed by atoms with Crippen LogP contribution in [0.4, 0.5) is 0 Å². The van der Waals surface area contributed by atoms with E-state index in [0.717, 1.165) is 42.6 Å². The molecule has 3 nitrogen and oxygen atoms in total. The summed E-state index contributed by atoms with van der Waals surface area (Å²) < 4.78 is 6.44. The molecule has 1 aliphatic heterocycles. The minimum atomic E-state index is -0.904. The highest BCUT2D eigenvalue weighted by molar-refractivity contribution is 5.88. The first-order valence-corrected chi connectivity index (χ1v) is 10.2. The van der Waals surface area contributed by atoms with Crippen molar-refractivity contribution in [2.45, 2.75) is 45.1 Å². The fraction of sp³-hybridized carbons (Fsp3) is 0.269. The molecule has 0 saturated heterocycles. The Hall–Kier alpha value is -3.07. The van der Waals surface area contributed by atoms with Crippen molar-refractivity contribution in [3.05, 3.63) is 89.0 Å². The van der Waals surface area contributed by atoms with Crippen LogP contribution < -0.4 is 4.74 Å². The Labute approximate surface area is 172 Å². The van der Waals surface area contributed by atoms with Crippen LogP contribution in [0.3, 0.4) is 0 Å². The second-order valence-corrected chi connectivity index (χ2v) is 8.10. The lowest BCUT2D eigenvalue weighted by Crippen LogP contribution is -2.38. The molecular formula is C26H26O3. The normalized spacial score (nSPS) is 18.0. The molecule has 1 N–H and O–H groups in total. The van der Waals surface area contributed by atoms with Gasteiger partial charge >= 0.3 is 5.97 Å². The lowest BCUT2D eigenvalue weighted by atomic mass is 9.86. The van der Waals surface area contributed by atoms with Crippen LogP contribution >= 0.6 is 0 Å². The Balaban J connectivity index is 1.51. The third kappa shape index (κ3) is 4.19. The van der Waals surface area contributed by atoms with Crippen molar-refractivity contribution >= 4 is 5.97 Å². The molecule has 29 heavy (non-hydrogen) atoms. The van der Waals surface area contributed by atoms with Gasteiger partial charge in [-0.3, -0.25) is 0 Å². The topological polar surface area (TPSA) is 46.5 Å². The Kier molecular flexibility index (Phi) is 5.14. The molecule has 4 rings (SSSR count). The number of aromatic carboxylic acids is 1. The first-order chi connectivity index (χ1) is 14.0. The van der Waals surface area contributed by atoms with Crippen LogP contribution in [0.1, 0.15) is 47.3 Å². The van der Waals surface area contributed by atoms with Gasteiger partial charge in [0.1, 0.15) is 11.4 Å². The van der Waals surface area contributed by atoms with E-state index in [1.165, 1.54) is 16.7 Å². The fourth-order valence-electron chi connectivity index (χ4n) is 4.02. The summed E-state index contributed by atoms with van der Waals surface area (Å²) in [7, 11) is 0. The van der Waals surface area contributed by atoms with Gasteiger partial charge in [-0.25, -0.2) is 4.79 Å². The zero-order valence-electron chi connectivity index (χ0n) is 16.9. The number of fused-ring (bicyclic) bond motifs is 1. The summed E-state index contributed by atoms with van der Waals surface area (Å²) in [5.74, 6) is 0.0499. The number of carboxylic acid groups (broad SMARTS) is 1. The van der Waals surface area contributed by atoms with E-state index < -0.39 is 5.97 Å². The molecular weight excluding hydrogens is 360 g/mol. The molecule has 0 aromatic heterocycles. The number of hydrogen-bond donors (Lipinski definition) is 1. The van der Waals surface area contributed by atoms with E-state index in [2.05, 4.69) is 50.2 Å². The number of aryl methyl sites for hydroxylation is 2. The largest absolute Gasteiger partial charge is 0.487 e. The number of carbonyl (C=O) groups is 1. The summed E-state index contributed by atoms with van der Waals surface area (Å²) in [6.07, 6.45) is 3.90. The summed E-state index contributed by atoms with van der Waals surface area (Å²) in [5, 5.41) is 9.07. The minimum Gasteiger partial charge on any atom is -0.487 e. The summed E-state index contributed by atoms with van der Waals surface area (Å²) in [6, 6.07) is 22.1. The first-order valence-electron chi connectivity index (χ1n) is 10.2. The highest BCUT2D eigenvalue weighted by Gasteiger charge is 2.31. The number of hydrogen-bond acceptors (Lipinski definition) is 2. The number of benzene rings is 3. The van der Waals surface area contributed by atoms with Crippen molar-refractivity contribution in [3.63, 3.8) is 0 Å². The maximum Gasteiger partial charge on any atom is 0.335 e. The Bertz CT molecular complexity index is 1020. The molecule has 1 aliphatic rings. The Morgan fingerprint density at radius 3 is 2.28 bits per heavy atom. The molecule has 0 aliphatic carbocycles. The van der Waals surface area contributed by atoms with Gasteiger partial charge in [-0.05, 0) is 78.3 Å². The molecule has 3 heteroatoms. The zero-order valence-corrected chi connectivity index (χ0v) is 16.9. The number of rotatable bonds is 5.